The summed E-state index contributed by atoms with van der Waals surface area (Å²) < 4.78 is 26.3. The molecule has 2 aromatic heterocycles. The molecular formula is C15H18F2N6O. The molecule has 0 spiro atoms. The Morgan fingerprint density at radius 3 is 2.92 bits per heavy atom. The number of anilines is 1. The molecule has 128 valence electrons. The Hall–Kier alpha value is -2.55. The number of urea groups is 1. The number of halogens is 2. The third-order valence-electron chi connectivity index (χ3n) is 3.77. The number of carbonyl (C=O) groups is 1. The SMILES string of the molecule is O=C(Nc1cnn(-c2ccncc2)c1)NC1CCN(CC(F)F)C1. The summed E-state index contributed by atoms with van der Waals surface area (Å²) in [4.78, 5) is 17.6. The molecule has 0 bridgehead atoms. The van der Waals surface area contributed by atoms with Crippen LogP contribution in [0.2, 0.25) is 0 Å². The van der Waals surface area contributed by atoms with Crippen molar-refractivity contribution in [1.82, 2.24) is 25.0 Å². The number of pyridine rings is 1. The summed E-state index contributed by atoms with van der Waals surface area (Å²) in [7, 11) is 0. The minimum Gasteiger partial charge on any atom is -0.334 e. The first kappa shape index (κ1) is 16.3. The molecule has 1 saturated heterocycles. The Labute approximate surface area is 137 Å². The van der Waals surface area contributed by atoms with Gasteiger partial charge in [-0.1, -0.05) is 0 Å². The van der Waals surface area contributed by atoms with Crippen LogP contribution in [0.1, 0.15) is 6.42 Å². The number of amides is 2. The summed E-state index contributed by atoms with van der Waals surface area (Å²) in [6.45, 7) is 0.752. The van der Waals surface area contributed by atoms with E-state index < -0.39 is 6.43 Å². The molecule has 1 atom stereocenters. The van der Waals surface area contributed by atoms with Crippen LogP contribution in [0.15, 0.2) is 36.9 Å². The van der Waals surface area contributed by atoms with E-state index in [1.54, 1.807) is 40.3 Å². The van der Waals surface area contributed by atoms with Crippen molar-refractivity contribution in [3.05, 3.63) is 36.9 Å². The highest BCUT2D eigenvalue weighted by Gasteiger charge is 2.25. The molecule has 1 aliphatic rings. The number of alkyl halides is 2. The summed E-state index contributed by atoms with van der Waals surface area (Å²) in [5, 5.41) is 9.67. The van der Waals surface area contributed by atoms with Gasteiger partial charge in [0.15, 0.2) is 0 Å². The third-order valence-corrected chi connectivity index (χ3v) is 3.77. The van der Waals surface area contributed by atoms with Crippen molar-refractivity contribution in [3.63, 3.8) is 0 Å². The highest BCUT2D eigenvalue weighted by molar-refractivity contribution is 5.89. The maximum absolute atomic E-state index is 12.4. The Morgan fingerprint density at radius 1 is 1.38 bits per heavy atom. The fourth-order valence-electron chi connectivity index (χ4n) is 2.69. The second-order valence-electron chi connectivity index (χ2n) is 5.61. The first-order valence-corrected chi connectivity index (χ1v) is 7.63. The maximum atomic E-state index is 12.4. The van der Waals surface area contributed by atoms with Gasteiger partial charge >= 0.3 is 6.03 Å². The van der Waals surface area contributed by atoms with Gasteiger partial charge in [-0.05, 0) is 18.6 Å². The van der Waals surface area contributed by atoms with Gasteiger partial charge in [0.2, 0.25) is 0 Å². The van der Waals surface area contributed by atoms with Crippen LogP contribution in [0.4, 0.5) is 19.3 Å². The number of rotatable bonds is 5. The van der Waals surface area contributed by atoms with E-state index in [0.717, 1.165) is 5.69 Å². The molecule has 2 amide bonds. The van der Waals surface area contributed by atoms with Gasteiger partial charge in [-0.15, -0.1) is 0 Å². The average Bonchev–Trinajstić information content (AvgIpc) is 3.17. The number of nitrogens with one attached hydrogen (secondary N) is 2. The van der Waals surface area contributed by atoms with E-state index in [4.69, 9.17) is 0 Å². The number of hydrogen-bond donors (Lipinski definition) is 2. The molecule has 1 fully saturated rings. The van der Waals surface area contributed by atoms with Crippen molar-refractivity contribution in [1.29, 1.82) is 0 Å². The van der Waals surface area contributed by atoms with Crippen LogP contribution < -0.4 is 10.6 Å². The molecule has 24 heavy (non-hydrogen) atoms. The first-order valence-electron chi connectivity index (χ1n) is 7.63. The molecule has 2 N–H and O–H groups in total. The first-order chi connectivity index (χ1) is 11.6. The summed E-state index contributed by atoms with van der Waals surface area (Å²) >= 11 is 0. The lowest BCUT2D eigenvalue weighted by Crippen LogP contribution is -2.40. The molecule has 1 unspecified atom stereocenters. The summed E-state index contributed by atoms with van der Waals surface area (Å²) in [5.41, 5.74) is 1.38. The largest absolute Gasteiger partial charge is 0.334 e. The van der Waals surface area contributed by atoms with Crippen LogP contribution in [0.3, 0.4) is 0 Å². The van der Waals surface area contributed by atoms with Crippen molar-refractivity contribution >= 4 is 11.7 Å². The molecule has 9 heteroatoms. The Morgan fingerprint density at radius 2 is 2.17 bits per heavy atom. The molecule has 2 aromatic rings. The third kappa shape index (κ3) is 4.25. The summed E-state index contributed by atoms with van der Waals surface area (Å²) in [5.74, 6) is 0. The molecule has 1 aliphatic heterocycles. The van der Waals surface area contributed by atoms with E-state index in [1.807, 2.05) is 0 Å². The van der Waals surface area contributed by atoms with Gasteiger partial charge < -0.3 is 10.6 Å². The highest BCUT2D eigenvalue weighted by atomic mass is 19.3. The predicted molar refractivity (Wildman–Crippen MR) is 84.4 cm³/mol. The molecule has 3 heterocycles. The maximum Gasteiger partial charge on any atom is 0.319 e. The number of aromatic nitrogens is 3. The van der Waals surface area contributed by atoms with Crippen molar-refractivity contribution in [3.8, 4) is 5.69 Å². The van der Waals surface area contributed by atoms with Crippen molar-refractivity contribution in [2.75, 3.05) is 25.0 Å². The van der Waals surface area contributed by atoms with Gasteiger partial charge in [-0.25, -0.2) is 18.3 Å². The van der Waals surface area contributed by atoms with E-state index in [1.165, 1.54) is 6.20 Å². The van der Waals surface area contributed by atoms with Crippen LogP contribution in [0, 0.1) is 0 Å². The average molecular weight is 336 g/mol. The molecular weight excluding hydrogens is 318 g/mol. The van der Waals surface area contributed by atoms with Crippen LogP contribution in [0.5, 0.6) is 0 Å². The van der Waals surface area contributed by atoms with Crippen molar-refractivity contribution < 1.29 is 13.6 Å². The second-order valence-corrected chi connectivity index (χ2v) is 5.61. The van der Waals surface area contributed by atoms with Gasteiger partial charge in [0.25, 0.3) is 6.43 Å². The fraction of sp³-hybridized carbons (Fsp3) is 0.400. The van der Waals surface area contributed by atoms with Crippen LogP contribution in [0.25, 0.3) is 5.69 Å². The Bertz CT molecular complexity index is 678. The van der Waals surface area contributed by atoms with Gasteiger partial charge in [0.05, 0.1) is 30.3 Å². The Balaban J connectivity index is 1.50. The standard InChI is InChI=1S/C15H18F2N6O/c16-14(17)10-22-6-3-11(8-22)20-15(24)21-12-7-19-23(9-12)13-1-4-18-5-2-13/h1-2,4-5,7,9,11,14H,3,6,8,10H2,(H2,20,21,24). The quantitative estimate of drug-likeness (QED) is 0.872. The lowest BCUT2D eigenvalue weighted by Gasteiger charge is -2.16. The smallest absolute Gasteiger partial charge is 0.319 e. The van der Waals surface area contributed by atoms with Crippen LogP contribution in [-0.4, -0.2) is 57.8 Å². The zero-order chi connectivity index (χ0) is 16.9. The van der Waals surface area contributed by atoms with E-state index in [9.17, 15) is 13.6 Å². The minimum atomic E-state index is -2.35. The van der Waals surface area contributed by atoms with E-state index in [-0.39, 0.29) is 18.6 Å². The highest BCUT2D eigenvalue weighted by Crippen LogP contribution is 2.13. The number of carbonyl (C=O) groups excluding carboxylic acids is 1. The zero-order valence-electron chi connectivity index (χ0n) is 12.9. The van der Waals surface area contributed by atoms with Crippen molar-refractivity contribution in [2.45, 2.75) is 18.9 Å². The topological polar surface area (TPSA) is 75.1 Å². The normalized spacial score (nSPS) is 18.0. The van der Waals surface area contributed by atoms with E-state index in [0.29, 0.717) is 25.2 Å². The monoisotopic (exact) mass is 336 g/mol. The van der Waals surface area contributed by atoms with Gasteiger partial charge in [0.1, 0.15) is 0 Å². The number of likely N-dealkylation sites (tertiary alicyclic amines) is 1. The summed E-state index contributed by atoms with van der Waals surface area (Å²) in [6, 6.07) is 3.10. The van der Waals surface area contributed by atoms with Crippen LogP contribution >= 0.6 is 0 Å². The van der Waals surface area contributed by atoms with Gasteiger partial charge in [0, 0.05) is 31.5 Å². The Kier molecular flexibility index (Phi) is 4.99. The molecule has 0 saturated carbocycles. The van der Waals surface area contributed by atoms with Crippen LogP contribution in [-0.2, 0) is 0 Å². The van der Waals surface area contributed by atoms with E-state index in [2.05, 4.69) is 20.7 Å². The lowest BCUT2D eigenvalue weighted by atomic mass is 10.3. The van der Waals surface area contributed by atoms with Gasteiger partial charge in [-0.3, -0.25) is 9.88 Å². The molecule has 3 rings (SSSR count). The van der Waals surface area contributed by atoms with E-state index >= 15 is 0 Å². The molecule has 0 aromatic carbocycles. The van der Waals surface area contributed by atoms with Gasteiger partial charge in [-0.2, -0.15) is 5.10 Å². The molecule has 0 radical (unpaired) electrons. The fourth-order valence-corrected chi connectivity index (χ4v) is 2.69. The molecule has 0 aliphatic carbocycles. The predicted octanol–water partition coefficient (Wildman–Crippen LogP) is 1.73. The lowest BCUT2D eigenvalue weighted by molar-refractivity contribution is 0.0988. The zero-order valence-corrected chi connectivity index (χ0v) is 12.9. The number of nitrogens with zero attached hydrogens (tertiary/aromatic N) is 4. The second kappa shape index (κ2) is 7.35. The summed E-state index contributed by atoms with van der Waals surface area (Å²) in [6.07, 6.45) is 4.85. The number of hydrogen-bond acceptors (Lipinski definition) is 4. The minimum absolute atomic E-state index is 0.126. The van der Waals surface area contributed by atoms with Crippen molar-refractivity contribution in [2.24, 2.45) is 0 Å². The molecule has 7 nitrogen and oxygen atoms in total.